The highest BCUT2D eigenvalue weighted by molar-refractivity contribution is 5.94. The summed E-state index contributed by atoms with van der Waals surface area (Å²) < 4.78 is 60.7. The van der Waals surface area contributed by atoms with E-state index in [1.807, 2.05) is 50.8 Å². The molecule has 1 aliphatic carbocycles. The Labute approximate surface area is 572 Å². The molecule has 3 aromatic heterocycles. The highest BCUT2D eigenvalue weighted by Gasteiger charge is 2.42. The van der Waals surface area contributed by atoms with Gasteiger partial charge in [-0.25, -0.2) is 23.7 Å². The van der Waals surface area contributed by atoms with E-state index >= 15 is 0 Å². The molecule has 3 aromatic carbocycles. The van der Waals surface area contributed by atoms with Crippen molar-refractivity contribution in [2.75, 3.05) is 156 Å². The first kappa shape index (κ1) is 72.3. The molecule has 5 N–H and O–H groups in total. The topological polar surface area (TPSA) is 304 Å². The fraction of sp³-hybridized carbons (Fsp3) is 0.514. The number of benzene rings is 3. The number of anilines is 6. The molecule has 1 saturated carbocycles. The second-order valence-electron chi connectivity index (χ2n) is 25.4. The number of nitrogens with zero attached hydrogens (tertiary/aromatic N) is 9. The van der Waals surface area contributed by atoms with Crippen molar-refractivity contribution >= 4 is 58.5 Å². The molecular formula is C70H90F2N14O13. The molecule has 1 spiro atoms. The standard InChI is InChI=1S/C24H31F2N5O3.C24H30N4O5.C22H29N5O5/c1-17-20(22(33)28-23(27-17)31-12-14-34-15-13-31)6-7-21(32)30-10-8-29(9-11-30)19-5-3-4-18(16-19)24(2,25)26;1-16-18(22(30)27-23(25-16)28-11-13-31-14-12-28)6-8-21(29)26-17-5-7-19-20(15-17)33-24(32-19)9-3-2-4-10-24;1-15-18(21(30)25-22(23-15)27-9-11-32-12-10-27)7-8-20(29)26(2)14-19(28)24-16-5-4-6-17(13-16)31-3/h3-5,16H,6-15H2,1-2H3,(H,27,28,33);5,7,15H,2-4,6,8-14H2,1H3,(H,26,29)(H,25,27,30);4-6,13H,7-12,14H2,1-3H3,(H,24,28)(H,23,25,30). The van der Waals surface area contributed by atoms with Gasteiger partial charge in [0.05, 0.1) is 53.3 Å². The molecule has 0 radical (unpaired) electrons. The van der Waals surface area contributed by atoms with Gasteiger partial charge in [-0.05, 0) is 89.3 Å². The van der Waals surface area contributed by atoms with Gasteiger partial charge < -0.3 is 68.5 Å². The number of carbonyl (C=O) groups excluding carboxylic acids is 4. The highest BCUT2D eigenvalue weighted by atomic mass is 19.3. The molecule has 6 aliphatic rings. The Bertz CT molecular complexity index is 3980. The van der Waals surface area contributed by atoms with E-state index < -0.39 is 11.7 Å². The van der Waals surface area contributed by atoms with E-state index in [1.54, 1.807) is 63.2 Å². The summed E-state index contributed by atoms with van der Waals surface area (Å²) in [7, 11) is 3.11. The van der Waals surface area contributed by atoms with Crippen molar-refractivity contribution in [1.29, 1.82) is 0 Å². The Hall–Kier alpha value is -9.48. The number of alkyl halides is 2. The normalized spacial score (nSPS) is 16.6. The quantitative estimate of drug-likeness (QED) is 0.0605. The Morgan fingerprint density at radius 2 is 1.06 bits per heavy atom. The van der Waals surface area contributed by atoms with Crippen LogP contribution in [0.15, 0.2) is 81.1 Å². The maximum atomic E-state index is 13.7. The lowest BCUT2D eigenvalue weighted by molar-refractivity contribution is -0.133. The average molecular weight is 1370 g/mol. The van der Waals surface area contributed by atoms with Crippen LogP contribution in [0.1, 0.15) is 97.6 Å². The molecule has 27 nitrogen and oxygen atoms in total. The summed E-state index contributed by atoms with van der Waals surface area (Å²) in [4.78, 5) is 121. The SMILES string of the molecule is COc1cccc(NC(=O)CN(C)C(=O)CCc2c(C)nc(N3CCOCC3)[nH]c2=O)c1.Cc1nc(N2CCOCC2)[nH]c(=O)c1CCC(=O)N1CCN(c2cccc(C(C)(F)F)c2)CC1.Cc1nc(N2CCOCC2)[nH]c(=O)c1CCC(=O)Nc1ccc2c(c1)OC1(CCCCC1)O2. The highest BCUT2D eigenvalue weighted by Crippen LogP contribution is 2.46. The molecule has 12 rings (SSSR count). The number of fused-ring (bicyclic) bond motifs is 1. The van der Waals surface area contributed by atoms with Crippen LogP contribution in [0.25, 0.3) is 0 Å². The minimum absolute atomic E-state index is 0.0163. The zero-order chi connectivity index (χ0) is 70.2. The Morgan fingerprint density at radius 1 is 0.576 bits per heavy atom. The maximum Gasteiger partial charge on any atom is 0.270 e. The zero-order valence-corrected chi connectivity index (χ0v) is 57.2. The lowest BCUT2D eigenvalue weighted by atomic mass is 9.94. The predicted molar refractivity (Wildman–Crippen MR) is 369 cm³/mol. The van der Waals surface area contributed by atoms with E-state index in [0.29, 0.717) is 192 Å². The van der Waals surface area contributed by atoms with Gasteiger partial charge in [-0.1, -0.05) is 24.6 Å². The summed E-state index contributed by atoms with van der Waals surface area (Å²) in [6.45, 7) is 16.0. The third-order valence-corrected chi connectivity index (χ3v) is 18.3. The first-order valence-electron chi connectivity index (χ1n) is 33.9. The van der Waals surface area contributed by atoms with Gasteiger partial charge in [0.1, 0.15) is 5.75 Å². The van der Waals surface area contributed by atoms with Crippen molar-refractivity contribution in [3.05, 3.63) is 137 Å². The van der Waals surface area contributed by atoms with E-state index in [-0.39, 0.29) is 78.1 Å². The number of halogens is 2. The largest absolute Gasteiger partial charge is 0.497 e. The molecule has 4 saturated heterocycles. The molecule has 99 heavy (non-hydrogen) atoms. The van der Waals surface area contributed by atoms with E-state index in [1.165, 1.54) is 23.5 Å². The maximum absolute atomic E-state index is 13.7. The fourth-order valence-electron chi connectivity index (χ4n) is 12.6. The van der Waals surface area contributed by atoms with Crippen molar-refractivity contribution in [1.82, 2.24) is 39.7 Å². The number of likely N-dealkylation sites (N-methyl/N-ethyl adjacent to an activating group) is 1. The van der Waals surface area contributed by atoms with E-state index in [2.05, 4.69) is 40.5 Å². The number of aryl methyl sites for hydroxylation is 3. The number of hydrogen-bond donors (Lipinski definition) is 5. The summed E-state index contributed by atoms with van der Waals surface area (Å²) in [5, 5.41) is 5.65. The number of rotatable bonds is 19. The number of ether oxygens (including phenoxy) is 6. The number of amides is 4. The first-order chi connectivity index (χ1) is 47.6. The van der Waals surface area contributed by atoms with Gasteiger partial charge in [-0.2, -0.15) is 0 Å². The fourth-order valence-corrected chi connectivity index (χ4v) is 12.6. The number of carbonyl (C=O) groups is 4. The number of aromatic nitrogens is 6. The monoisotopic (exact) mass is 1370 g/mol. The zero-order valence-electron chi connectivity index (χ0n) is 57.2. The third-order valence-electron chi connectivity index (χ3n) is 18.3. The Morgan fingerprint density at radius 3 is 1.58 bits per heavy atom. The number of methoxy groups -OCH3 is 1. The molecule has 29 heteroatoms. The molecular weight excluding hydrogens is 1280 g/mol. The number of H-pyrrole nitrogens is 3. The molecule has 5 aliphatic heterocycles. The van der Waals surface area contributed by atoms with Gasteiger partial charge in [-0.15, -0.1) is 0 Å². The van der Waals surface area contributed by atoms with Crippen LogP contribution < -0.4 is 61.1 Å². The first-order valence-corrected chi connectivity index (χ1v) is 33.9. The van der Waals surface area contributed by atoms with Crippen LogP contribution in [0.4, 0.5) is 43.7 Å². The summed E-state index contributed by atoms with van der Waals surface area (Å²) in [6.07, 6.45) is 6.56. The van der Waals surface area contributed by atoms with E-state index in [0.717, 1.165) is 44.0 Å². The second-order valence-corrected chi connectivity index (χ2v) is 25.4. The molecule has 4 amide bonds. The van der Waals surface area contributed by atoms with Crippen molar-refractivity contribution in [2.24, 2.45) is 0 Å². The number of aromatic amines is 3. The van der Waals surface area contributed by atoms with Crippen molar-refractivity contribution in [2.45, 2.75) is 110 Å². The van der Waals surface area contributed by atoms with Gasteiger partial charge >= 0.3 is 0 Å². The second kappa shape index (κ2) is 33.4. The third kappa shape index (κ3) is 19.5. The van der Waals surface area contributed by atoms with E-state index in [4.69, 9.17) is 28.4 Å². The van der Waals surface area contributed by atoms with Crippen LogP contribution in [0.3, 0.4) is 0 Å². The van der Waals surface area contributed by atoms with Crippen LogP contribution in [-0.4, -0.2) is 195 Å². The molecule has 5 fully saturated rings. The van der Waals surface area contributed by atoms with E-state index in [9.17, 15) is 42.3 Å². The van der Waals surface area contributed by atoms with Crippen molar-refractivity contribution < 1.29 is 56.4 Å². The molecule has 8 heterocycles. The predicted octanol–water partition coefficient (Wildman–Crippen LogP) is 6.18. The van der Waals surface area contributed by atoms with Gasteiger partial charge in [0, 0.05) is 180 Å². The van der Waals surface area contributed by atoms with Crippen LogP contribution in [0.2, 0.25) is 0 Å². The average Bonchev–Trinajstić information content (AvgIpc) is 1.76. The Kier molecular flexibility index (Phi) is 24.4. The van der Waals surface area contributed by atoms with Gasteiger partial charge in [0.25, 0.3) is 28.4 Å². The number of morpholine rings is 3. The van der Waals surface area contributed by atoms with Crippen LogP contribution in [0.5, 0.6) is 17.2 Å². The minimum atomic E-state index is -2.89. The van der Waals surface area contributed by atoms with Crippen LogP contribution in [0, 0.1) is 20.8 Å². The Balaban J connectivity index is 0.000000161. The molecule has 6 aromatic rings. The molecule has 0 bridgehead atoms. The van der Waals surface area contributed by atoms with Crippen molar-refractivity contribution in [3.8, 4) is 17.2 Å². The van der Waals surface area contributed by atoms with Crippen LogP contribution in [-0.2, 0) is 58.6 Å². The minimum Gasteiger partial charge on any atom is -0.497 e. The van der Waals surface area contributed by atoms with Gasteiger partial charge in [-0.3, -0.25) is 48.5 Å². The summed E-state index contributed by atoms with van der Waals surface area (Å²) in [6, 6.07) is 18.8. The smallest absolute Gasteiger partial charge is 0.270 e. The van der Waals surface area contributed by atoms with Gasteiger partial charge in [0.15, 0.2) is 11.5 Å². The number of piperazine rings is 1. The summed E-state index contributed by atoms with van der Waals surface area (Å²) >= 11 is 0. The molecule has 0 atom stereocenters. The summed E-state index contributed by atoms with van der Waals surface area (Å²) in [5.41, 5.74) is 4.73. The molecule has 532 valence electrons. The number of hydrogen-bond acceptors (Lipinski definition) is 20. The lowest BCUT2D eigenvalue weighted by Crippen LogP contribution is -2.49. The van der Waals surface area contributed by atoms with Crippen LogP contribution >= 0.6 is 0 Å². The van der Waals surface area contributed by atoms with Gasteiger partial charge in [0.2, 0.25) is 41.5 Å². The lowest BCUT2D eigenvalue weighted by Gasteiger charge is -2.36. The molecule has 0 unspecified atom stereocenters. The number of nitrogens with one attached hydrogen (secondary N) is 5. The summed E-state index contributed by atoms with van der Waals surface area (Å²) in [5.74, 6) is -0.525. The van der Waals surface area contributed by atoms with Crippen molar-refractivity contribution in [3.63, 3.8) is 0 Å².